The predicted octanol–water partition coefficient (Wildman–Crippen LogP) is 4.41. The Hall–Kier alpha value is -2.07. The normalized spacial score (nSPS) is 11.3. The van der Waals surface area contributed by atoms with Gasteiger partial charge in [-0.25, -0.2) is 9.97 Å². The first-order chi connectivity index (χ1) is 10.1. The summed E-state index contributed by atoms with van der Waals surface area (Å²) in [5.41, 5.74) is 3.83. The lowest BCUT2D eigenvalue weighted by Crippen LogP contribution is -1.91. The third-order valence-electron chi connectivity index (χ3n) is 3.46. The van der Waals surface area contributed by atoms with E-state index < -0.39 is 0 Å². The van der Waals surface area contributed by atoms with Crippen LogP contribution in [0, 0.1) is 0 Å². The number of aromatic amines is 1. The molecule has 2 aromatic heterocycles. The molecule has 4 nitrogen and oxygen atoms in total. The topological polar surface area (TPSA) is 50.8 Å². The van der Waals surface area contributed by atoms with Gasteiger partial charge in [-0.1, -0.05) is 25.4 Å². The fraction of sp³-hybridized carbons (Fsp3) is 0.250. The molecule has 1 N–H and O–H groups in total. The predicted molar refractivity (Wildman–Crippen MR) is 85.0 cm³/mol. The minimum absolute atomic E-state index is 0.445. The molecule has 0 bridgehead atoms. The number of ether oxygens (including phenoxy) is 1. The molecule has 0 aliphatic heterocycles. The van der Waals surface area contributed by atoms with Crippen LogP contribution in [0.1, 0.15) is 25.5 Å². The zero-order valence-corrected chi connectivity index (χ0v) is 12.9. The van der Waals surface area contributed by atoms with Crippen molar-refractivity contribution >= 4 is 22.5 Å². The number of methoxy groups -OCH3 is 1. The molecule has 0 fully saturated rings. The number of H-pyrrole nitrogens is 1. The van der Waals surface area contributed by atoms with Gasteiger partial charge in [0.2, 0.25) is 5.88 Å². The smallest absolute Gasteiger partial charge is 0.232 e. The van der Waals surface area contributed by atoms with Gasteiger partial charge >= 0.3 is 0 Å². The third-order valence-corrected chi connectivity index (χ3v) is 3.78. The fourth-order valence-corrected chi connectivity index (χ4v) is 2.51. The molecule has 1 aromatic carbocycles. The number of nitrogens with zero attached hydrogens (tertiary/aromatic N) is 2. The minimum Gasteiger partial charge on any atom is -0.480 e. The fourth-order valence-electron chi connectivity index (χ4n) is 2.24. The van der Waals surface area contributed by atoms with Crippen LogP contribution >= 0.6 is 11.6 Å². The molecular formula is C16H16ClN3O. The van der Waals surface area contributed by atoms with Crippen molar-refractivity contribution in [1.82, 2.24) is 15.0 Å². The molecule has 0 atom stereocenters. The Kier molecular flexibility index (Phi) is 3.55. The van der Waals surface area contributed by atoms with Gasteiger partial charge in [-0.3, -0.25) is 0 Å². The molecule has 21 heavy (non-hydrogen) atoms. The second-order valence-corrected chi connectivity index (χ2v) is 5.65. The summed E-state index contributed by atoms with van der Waals surface area (Å²) in [5, 5.41) is 1.77. The average molecular weight is 302 g/mol. The molecule has 3 aromatic rings. The van der Waals surface area contributed by atoms with Crippen LogP contribution in [-0.4, -0.2) is 22.1 Å². The van der Waals surface area contributed by atoms with Crippen molar-refractivity contribution in [1.29, 1.82) is 0 Å². The van der Waals surface area contributed by atoms with E-state index in [4.69, 9.17) is 16.3 Å². The molecule has 0 saturated carbocycles. The first kappa shape index (κ1) is 13.9. The Bertz CT molecular complexity index is 778. The number of hydrogen-bond acceptors (Lipinski definition) is 3. The maximum Gasteiger partial charge on any atom is 0.232 e. The summed E-state index contributed by atoms with van der Waals surface area (Å²) in [4.78, 5) is 11.9. The first-order valence-electron chi connectivity index (χ1n) is 6.77. The lowest BCUT2D eigenvalue weighted by Gasteiger charge is -2.05. The van der Waals surface area contributed by atoms with Crippen LogP contribution in [0.4, 0.5) is 0 Å². The summed E-state index contributed by atoms with van der Waals surface area (Å²) in [6, 6.07) is 6.11. The Balaban J connectivity index is 2.10. The molecule has 0 spiro atoms. The van der Waals surface area contributed by atoms with Crippen LogP contribution in [-0.2, 0) is 0 Å². The van der Waals surface area contributed by atoms with Crippen LogP contribution in [0.15, 0.2) is 30.6 Å². The van der Waals surface area contributed by atoms with Gasteiger partial charge in [0, 0.05) is 22.2 Å². The van der Waals surface area contributed by atoms with Crippen LogP contribution < -0.4 is 4.74 Å². The van der Waals surface area contributed by atoms with Crippen LogP contribution in [0.25, 0.3) is 22.2 Å². The molecule has 5 heteroatoms. The van der Waals surface area contributed by atoms with Crippen molar-refractivity contribution in [2.45, 2.75) is 19.8 Å². The van der Waals surface area contributed by atoms with Crippen molar-refractivity contribution in [3.05, 3.63) is 41.3 Å². The van der Waals surface area contributed by atoms with Crippen LogP contribution in [0.5, 0.6) is 5.88 Å². The molecule has 0 aliphatic carbocycles. The van der Waals surface area contributed by atoms with Gasteiger partial charge in [-0.15, -0.1) is 0 Å². The van der Waals surface area contributed by atoms with Gasteiger partial charge in [0.15, 0.2) is 0 Å². The van der Waals surface area contributed by atoms with E-state index in [0.717, 1.165) is 22.2 Å². The number of nitrogens with one attached hydrogen (secondary N) is 1. The Morgan fingerprint density at radius 2 is 1.95 bits per heavy atom. The number of fused-ring (bicyclic) bond motifs is 1. The van der Waals surface area contributed by atoms with Crippen molar-refractivity contribution in [2.24, 2.45) is 0 Å². The summed E-state index contributed by atoms with van der Waals surface area (Å²) < 4.78 is 5.02. The standard InChI is InChI=1S/C16H16ClN3O/c1-9(2)13-5-10-4-12(17)11(6-14(10)20-13)15-7-19-16(21-3)8-18-15/h4-9,20H,1-3H3. The van der Waals surface area contributed by atoms with Gasteiger partial charge in [-0.05, 0) is 24.1 Å². The molecule has 0 unspecified atom stereocenters. The zero-order valence-electron chi connectivity index (χ0n) is 12.1. The van der Waals surface area contributed by atoms with E-state index in [-0.39, 0.29) is 0 Å². The summed E-state index contributed by atoms with van der Waals surface area (Å²) in [5.74, 6) is 0.929. The van der Waals surface area contributed by atoms with Crippen LogP contribution in [0.3, 0.4) is 0 Å². The SMILES string of the molecule is COc1cnc(-c2cc3[nH]c(C(C)C)cc3cc2Cl)cn1. The second kappa shape index (κ2) is 5.37. The molecule has 0 amide bonds. The Labute approximate surface area is 128 Å². The molecule has 3 rings (SSSR count). The number of benzene rings is 1. The van der Waals surface area contributed by atoms with Gasteiger partial charge < -0.3 is 9.72 Å². The summed E-state index contributed by atoms with van der Waals surface area (Å²) in [6.45, 7) is 4.31. The molecule has 2 heterocycles. The molecule has 0 saturated heterocycles. The minimum atomic E-state index is 0.445. The zero-order chi connectivity index (χ0) is 15.0. The quantitative estimate of drug-likeness (QED) is 0.779. The molecular weight excluding hydrogens is 286 g/mol. The molecule has 108 valence electrons. The number of rotatable bonds is 3. The summed E-state index contributed by atoms with van der Waals surface area (Å²) in [6.07, 6.45) is 3.25. The average Bonchev–Trinajstić information content (AvgIpc) is 2.89. The van der Waals surface area contributed by atoms with E-state index in [1.54, 1.807) is 19.5 Å². The van der Waals surface area contributed by atoms with E-state index in [9.17, 15) is 0 Å². The van der Waals surface area contributed by atoms with E-state index in [0.29, 0.717) is 16.8 Å². The highest BCUT2D eigenvalue weighted by Crippen LogP contribution is 2.32. The monoisotopic (exact) mass is 301 g/mol. The first-order valence-corrected chi connectivity index (χ1v) is 7.15. The number of aromatic nitrogens is 3. The van der Waals surface area contributed by atoms with Crippen molar-refractivity contribution in [3.63, 3.8) is 0 Å². The van der Waals surface area contributed by atoms with Gasteiger partial charge in [0.05, 0.1) is 30.2 Å². The summed E-state index contributed by atoms with van der Waals surface area (Å²) in [7, 11) is 1.56. The Morgan fingerprint density at radius 1 is 1.14 bits per heavy atom. The van der Waals surface area contributed by atoms with E-state index in [2.05, 4.69) is 34.9 Å². The van der Waals surface area contributed by atoms with Gasteiger partial charge in [-0.2, -0.15) is 0 Å². The second-order valence-electron chi connectivity index (χ2n) is 5.24. The van der Waals surface area contributed by atoms with Gasteiger partial charge in [0.1, 0.15) is 0 Å². The Morgan fingerprint density at radius 3 is 2.57 bits per heavy atom. The number of hydrogen-bond donors (Lipinski definition) is 1. The van der Waals surface area contributed by atoms with Gasteiger partial charge in [0.25, 0.3) is 0 Å². The van der Waals surface area contributed by atoms with E-state index in [1.807, 2.05) is 12.1 Å². The summed E-state index contributed by atoms with van der Waals surface area (Å²) >= 11 is 6.39. The van der Waals surface area contributed by atoms with Crippen molar-refractivity contribution in [2.75, 3.05) is 7.11 Å². The highest BCUT2D eigenvalue weighted by Gasteiger charge is 2.11. The number of halogens is 1. The maximum absolute atomic E-state index is 6.39. The van der Waals surface area contributed by atoms with Crippen molar-refractivity contribution in [3.8, 4) is 17.1 Å². The highest BCUT2D eigenvalue weighted by molar-refractivity contribution is 6.34. The molecule has 0 aliphatic rings. The van der Waals surface area contributed by atoms with Crippen LogP contribution in [0.2, 0.25) is 5.02 Å². The lowest BCUT2D eigenvalue weighted by molar-refractivity contribution is 0.396. The largest absolute Gasteiger partial charge is 0.480 e. The molecule has 0 radical (unpaired) electrons. The lowest BCUT2D eigenvalue weighted by atomic mass is 10.1. The van der Waals surface area contributed by atoms with E-state index in [1.165, 1.54) is 5.69 Å². The third kappa shape index (κ3) is 2.59. The van der Waals surface area contributed by atoms with Crippen molar-refractivity contribution < 1.29 is 4.74 Å². The highest BCUT2D eigenvalue weighted by atomic mass is 35.5. The maximum atomic E-state index is 6.39. The van der Waals surface area contributed by atoms with E-state index >= 15 is 0 Å².